The van der Waals surface area contributed by atoms with E-state index in [0.29, 0.717) is 0 Å². The average molecular weight is 423 g/mol. The van der Waals surface area contributed by atoms with E-state index in [1.54, 1.807) is 11.8 Å². The molecule has 4 aromatic rings. The van der Waals surface area contributed by atoms with Gasteiger partial charge in [-0.3, -0.25) is 4.57 Å². The van der Waals surface area contributed by atoms with Gasteiger partial charge in [-0.2, -0.15) is 0 Å². The number of fused-ring (bicyclic) bond motifs is 1. The van der Waals surface area contributed by atoms with Crippen molar-refractivity contribution in [2.75, 3.05) is 0 Å². The number of hydrogen-bond acceptors (Lipinski definition) is 3. The van der Waals surface area contributed by atoms with Crippen molar-refractivity contribution in [1.29, 1.82) is 0 Å². The van der Waals surface area contributed by atoms with Crippen molar-refractivity contribution in [2.24, 2.45) is 0 Å². The van der Waals surface area contributed by atoms with Gasteiger partial charge in [-0.15, -0.1) is 0 Å². The molecule has 0 aliphatic heterocycles. The van der Waals surface area contributed by atoms with Crippen LogP contribution in [0.5, 0.6) is 5.75 Å². The first-order valence-corrected chi connectivity index (χ1v) is 11.0. The summed E-state index contributed by atoms with van der Waals surface area (Å²) in [6, 6.07) is 22.6. The van der Waals surface area contributed by atoms with Crippen LogP contribution in [0.1, 0.15) is 25.0 Å². The Morgan fingerprint density at radius 3 is 2.41 bits per heavy atom. The predicted octanol–water partition coefficient (Wildman–Crippen LogP) is 7.07. The van der Waals surface area contributed by atoms with E-state index in [9.17, 15) is 0 Å². The molecule has 0 aliphatic carbocycles. The zero-order valence-electron chi connectivity index (χ0n) is 16.7. The highest BCUT2D eigenvalue weighted by Gasteiger charge is 2.14. The molecule has 4 rings (SSSR count). The van der Waals surface area contributed by atoms with Gasteiger partial charge in [-0.25, -0.2) is 4.98 Å². The second-order valence-corrected chi connectivity index (χ2v) is 8.68. The number of ether oxygens (including phenoxy) is 1. The fourth-order valence-electron chi connectivity index (χ4n) is 3.19. The van der Waals surface area contributed by atoms with Crippen molar-refractivity contribution in [1.82, 2.24) is 9.55 Å². The lowest BCUT2D eigenvalue weighted by Gasteiger charge is -2.12. The Kier molecular flexibility index (Phi) is 5.84. The molecular formula is C24H23ClN2OS. The SMILES string of the molecule is Cc1ccc2c(c1)nc(SCc1ccc(Cl)cc1)n2-c1ccc(OC(C)C)cc1. The summed E-state index contributed by atoms with van der Waals surface area (Å²) in [5, 5.41) is 1.73. The molecule has 3 aromatic carbocycles. The monoisotopic (exact) mass is 422 g/mol. The van der Waals surface area contributed by atoms with Crippen molar-refractivity contribution in [3.8, 4) is 11.4 Å². The first-order chi connectivity index (χ1) is 14.0. The number of hydrogen-bond donors (Lipinski definition) is 0. The summed E-state index contributed by atoms with van der Waals surface area (Å²) in [7, 11) is 0. The maximum absolute atomic E-state index is 6.01. The van der Waals surface area contributed by atoms with E-state index in [-0.39, 0.29) is 6.10 Å². The lowest BCUT2D eigenvalue weighted by atomic mass is 10.2. The Morgan fingerprint density at radius 2 is 1.72 bits per heavy atom. The van der Waals surface area contributed by atoms with Crippen LogP contribution in [0.2, 0.25) is 5.02 Å². The Morgan fingerprint density at radius 1 is 1.00 bits per heavy atom. The van der Waals surface area contributed by atoms with Gasteiger partial charge in [0, 0.05) is 16.5 Å². The van der Waals surface area contributed by atoms with Gasteiger partial charge in [0.05, 0.1) is 17.1 Å². The fourth-order valence-corrected chi connectivity index (χ4v) is 4.30. The van der Waals surface area contributed by atoms with Crippen LogP contribution < -0.4 is 4.74 Å². The molecule has 1 heterocycles. The maximum Gasteiger partial charge on any atom is 0.174 e. The van der Waals surface area contributed by atoms with Gasteiger partial charge in [-0.1, -0.05) is 41.6 Å². The zero-order chi connectivity index (χ0) is 20.4. The highest BCUT2D eigenvalue weighted by atomic mass is 35.5. The molecule has 0 N–H and O–H groups in total. The highest BCUT2D eigenvalue weighted by Crippen LogP contribution is 2.31. The van der Waals surface area contributed by atoms with E-state index in [2.05, 4.69) is 54.0 Å². The molecule has 5 heteroatoms. The standard InChI is InChI=1S/C24H23ClN2OS/c1-16(2)28-21-11-9-20(10-12-21)27-23-13-4-17(3)14-22(23)26-24(27)29-15-18-5-7-19(25)8-6-18/h4-14,16H,15H2,1-3H3. The fraction of sp³-hybridized carbons (Fsp3) is 0.208. The molecule has 0 radical (unpaired) electrons. The van der Waals surface area contributed by atoms with Crippen LogP contribution in [-0.4, -0.2) is 15.7 Å². The van der Waals surface area contributed by atoms with E-state index >= 15 is 0 Å². The Bertz CT molecular complexity index is 1120. The van der Waals surface area contributed by atoms with Crippen molar-refractivity contribution < 1.29 is 4.74 Å². The van der Waals surface area contributed by atoms with Crippen LogP contribution >= 0.6 is 23.4 Å². The summed E-state index contributed by atoms with van der Waals surface area (Å²) < 4.78 is 8.01. The summed E-state index contributed by atoms with van der Waals surface area (Å²) in [5.41, 5.74) is 5.61. The van der Waals surface area contributed by atoms with Crippen LogP contribution in [0.3, 0.4) is 0 Å². The van der Waals surface area contributed by atoms with E-state index in [0.717, 1.165) is 38.4 Å². The minimum absolute atomic E-state index is 0.156. The third-order valence-electron chi connectivity index (χ3n) is 4.53. The molecule has 3 nitrogen and oxygen atoms in total. The molecule has 0 fully saturated rings. The molecule has 0 saturated heterocycles. The topological polar surface area (TPSA) is 27.1 Å². The van der Waals surface area contributed by atoms with Crippen LogP contribution in [0.25, 0.3) is 16.7 Å². The molecule has 0 saturated carbocycles. The van der Waals surface area contributed by atoms with Gasteiger partial charge in [0.2, 0.25) is 0 Å². The summed E-state index contributed by atoms with van der Waals surface area (Å²) in [6.45, 7) is 6.16. The van der Waals surface area contributed by atoms with Gasteiger partial charge in [0.15, 0.2) is 5.16 Å². The summed E-state index contributed by atoms with van der Waals surface area (Å²) in [6.07, 6.45) is 0.156. The predicted molar refractivity (Wildman–Crippen MR) is 123 cm³/mol. The number of nitrogens with zero attached hydrogens (tertiary/aromatic N) is 2. The molecule has 0 amide bonds. The molecule has 0 atom stereocenters. The van der Waals surface area contributed by atoms with Gasteiger partial charge in [0.25, 0.3) is 0 Å². The summed E-state index contributed by atoms with van der Waals surface area (Å²) in [5.74, 6) is 1.70. The largest absolute Gasteiger partial charge is 0.491 e. The number of aryl methyl sites for hydroxylation is 1. The quantitative estimate of drug-likeness (QED) is 0.311. The number of aromatic nitrogens is 2. The first kappa shape index (κ1) is 19.9. The van der Waals surface area contributed by atoms with Crippen LogP contribution in [-0.2, 0) is 5.75 Å². The number of benzene rings is 3. The molecule has 0 aliphatic rings. The summed E-state index contributed by atoms with van der Waals surface area (Å²) in [4.78, 5) is 4.92. The number of halogens is 1. The number of rotatable bonds is 6. The Hall–Kier alpha value is -2.43. The maximum atomic E-state index is 6.01. The normalized spacial score (nSPS) is 11.3. The minimum atomic E-state index is 0.156. The van der Waals surface area contributed by atoms with Crippen molar-refractivity contribution >= 4 is 34.4 Å². The zero-order valence-corrected chi connectivity index (χ0v) is 18.3. The summed E-state index contributed by atoms with van der Waals surface area (Å²) >= 11 is 7.74. The number of thioether (sulfide) groups is 1. The molecular weight excluding hydrogens is 400 g/mol. The van der Waals surface area contributed by atoms with Gasteiger partial charge >= 0.3 is 0 Å². The lowest BCUT2D eigenvalue weighted by molar-refractivity contribution is 0.242. The van der Waals surface area contributed by atoms with E-state index in [1.807, 2.05) is 38.1 Å². The van der Waals surface area contributed by atoms with Crippen molar-refractivity contribution in [3.05, 3.63) is 82.9 Å². The smallest absolute Gasteiger partial charge is 0.174 e. The van der Waals surface area contributed by atoms with Gasteiger partial charge in [0.1, 0.15) is 5.75 Å². The second kappa shape index (κ2) is 8.52. The van der Waals surface area contributed by atoms with E-state index in [4.69, 9.17) is 21.3 Å². The molecule has 0 bridgehead atoms. The van der Waals surface area contributed by atoms with Crippen LogP contribution in [0.4, 0.5) is 0 Å². The lowest BCUT2D eigenvalue weighted by Crippen LogP contribution is -2.05. The van der Waals surface area contributed by atoms with Crippen molar-refractivity contribution in [3.63, 3.8) is 0 Å². The van der Waals surface area contributed by atoms with Crippen molar-refractivity contribution in [2.45, 2.75) is 37.8 Å². The van der Waals surface area contributed by atoms with E-state index < -0.39 is 0 Å². The van der Waals surface area contributed by atoms with Crippen LogP contribution in [0.15, 0.2) is 71.9 Å². The van der Waals surface area contributed by atoms with Gasteiger partial charge < -0.3 is 4.74 Å². The Labute approximate surface area is 180 Å². The third kappa shape index (κ3) is 4.60. The Balaban J connectivity index is 1.70. The minimum Gasteiger partial charge on any atom is -0.491 e. The highest BCUT2D eigenvalue weighted by molar-refractivity contribution is 7.98. The van der Waals surface area contributed by atoms with E-state index in [1.165, 1.54) is 11.1 Å². The van der Waals surface area contributed by atoms with Crippen LogP contribution in [0, 0.1) is 6.92 Å². The molecule has 148 valence electrons. The molecule has 29 heavy (non-hydrogen) atoms. The third-order valence-corrected chi connectivity index (χ3v) is 5.79. The molecule has 1 aromatic heterocycles. The number of imidazole rings is 1. The second-order valence-electron chi connectivity index (χ2n) is 7.30. The average Bonchev–Trinajstić information content (AvgIpc) is 3.05. The first-order valence-electron chi connectivity index (χ1n) is 9.63. The van der Waals surface area contributed by atoms with Gasteiger partial charge in [-0.05, 0) is 80.4 Å². The molecule has 0 spiro atoms. The molecule has 0 unspecified atom stereocenters.